The number of carbonyl (C=O) groups is 1. The summed E-state index contributed by atoms with van der Waals surface area (Å²) < 4.78 is 3.17. The molecule has 2 N–H and O–H groups in total. The molecular weight excluding hydrogens is 631 g/mol. The molecule has 0 saturated heterocycles. The van der Waals surface area contributed by atoms with Gasteiger partial charge in [0, 0.05) is 14.9 Å². The van der Waals surface area contributed by atoms with Crippen LogP contribution in [0.1, 0.15) is 49.2 Å². The molecule has 1 heterocycles. The Morgan fingerprint density at radius 3 is 2.52 bits per heavy atom. The molecule has 4 aromatic rings. The fourth-order valence-corrected chi connectivity index (χ4v) is 5.40. The van der Waals surface area contributed by atoms with Gasteiger partial charge < -0.3 is 5.32 Å². The van der Waals surface area contributed by atoms with Crippen LogP contribution in [0.4, 0.5) is 5.69 Å². The lowest BCUT2D eigenvalue weighted by molar-refractivity contribution is -0.118. The third-order valence-electron chi connectivity index (χ3n) is 6.13. The molecule has 0 aliphatic rings. The van der Waals surface area contributed by atoms with Gasteiger partial charge in [-0.3, -0.25) is 9.36 Å². The van der Waals surface area contributed by atoms with Crippen molar-refractivity contribution in [1.82, 2.24) is 20.2 Å². The number of allylic oxidation sites excluding steroid dienone is 1. The molecule has 0 radical (unpaired) electrons. The number of para-hydroxylation sites is 1. The minimum Gasteiger partial charge on any atom is -0.378 e. The minimum absolute atomic E-state index is 0.158. The maximum absolute atomic E-state index is 12.6. The molecule has 3 aromatic carbocycles. The number of nitrogens with one attached hydrogen (secondary N) is 2. The summed E-state index contributed by atoms with van der Waals surface area (Å²) in [5.74, 6) is 1.20. The first-order valence-electron chi connectivity index (χ1n) is 13.0. The number of amides is 1. The van der Waals surface area contributed by atoms with E-state index in [0.29, 0.717) is 17.6 Å². The van der Waals surface area contributed by atoms with E-state index < -0.39 is 0 Å². The Balaban J connectivity index is 1.38. The van der Waals surface area contributed by atoms with Gasteiger partial charge in [-0.05, 0) is 95.0 Å². The number of benzene rings is 3. The second kappa shape index (κ2) is 14.3. The van der Waals surface area contributed by atoms with Gasteiger partial charge in [-0.25, -0.2) is 5.43 Å². The van der Waals surface area contributed by atoms with Gasteiger partial charge in [0.1, 0.15) is 0 Å². The first-order chi connectivity index (χ1) is 19.3. The van der Waals surface area contributed by atoms with E-state index in [1.54, 1.807) is 6.21 Å². The molecule has 40 heavy (non-hydrogen) atoms. The lowest BCUT2D eigenvalue weighted by Gasteiger charge is -2.12. The van der Waals surface area contributed by atoms with Crippen LogP contribution in [0.15, 0.2) is 88.6 Å². The van der Waals surface area contributed by atoms with Crippen molar-refractivity contribution in [3.8, 4) is 5.69 Å². The lowest BCUT2D eigenvalue weighted by atomic mass is 10.0. The zero-order chi connectivity index (χ0) is 28.5. The van der Waals surface area contributed by atoms with Crippen molar-refractivity contribution < 1.29 is 4.79 Å². The maximum Gasteiger partial charge on any atom is 0.250 e. The van der Waals surface area contributed by atoms with Gasteiger partial charge in [-0.1, -0.05) is 74.1 Å². The Morgan fingerprint density at radius 2 is 1.82 bits per heavy atom. The summed E-state index contributed by atoms with van der Waals surface area (Å²) in [7, 11) is 0. The number of aryl methyl sites for hydroxylation is 1. The predicted octanol–water partition coefficient (Wildman–Crippen LogP) is 7.21. The standard InChI is InChI=1S/C31H33IN6OS/c1-21(2)25-12-10-24(11-13-25)16-22(3)18-34-36-30(39)20-40-31-37-35-29(38(31)27-8-6-5-7-9-27)19-33-28-15-14-26(32)17-23(28)4/h5-18,21,33H,19-20H2,1-4H3,(H,36,39)/b22-16-,34-18-. The molecule has 0 unspecified atom stereocenters. The van der Waals surface area contributed by atoms with Crippen LogP contribution in [-0.2, 0) is 11.3 Å². The first-order valence-corrected chi connectivity index (χ1v) is 15.1. The largest absolute Gasteiger partial charge is 0.378 e. The first kappa shape index (κ1) is 29.5. The quantitative estimate of drug-likeness (QED) is 0.0767. The van der Waals surface area contributed by atoms with Gasteiger partial charge in [0.05, 0.1) is 18.5 Å². The summed E-state index contributed by atoms with van der Waals surface area (Å²) in [6.07, 6.45) is 3.69. The number of rotatable bonds is 11. The maximum atomic E-state index is 12.6. The van der Waals surface area contributed by atoms with Crippen LogP contribution in [0.25, 0.3) is 11.8 Å². The van der Waals surface area contributed by atoms with Gasteiger partial charge in [0.15, 0.2) is 11.0 Å². The van der Waals surface area contributed by atoms with Gasteiger partial charge >= 0.3 is 0 Å². The van der Waals surface area contributed by atoms with Crippen LogP contribution in [0, 0.1) is 10.5 Å². The van der Waals surface area contributed by atoms with Crippen LogP contribution < -0.4 is 10.7 Å². The number of anilines is 1. The Labute approximate surface area is 253 Å². The average molecular weight is 665 g/mol. The zero-order valence-corrected chi connectivity index (χ0v) is 26.0. The van der Waals surface area contributed by atoms with Crippen molar-refractivity contribution in [2.24, 2.45) is 5.10 Å². The number of hydrogen-bond donors (Lipinski definition) is 2. The van der Waals surface area contributed by atoms with E-state index in [0.717, 1.165) is 28.3 Å². The van der Waals surface area contributed by atoms with E-state index in [-0.39, 0.29) is 11.7 Å². The van der Waals surface area contributed by atoms with Crippen LogP contribution in [-0.4, -0.2) is 32.6 Å². The summed E-state index contributed by atoms with van der Waals surface area (Å²) in [4.78, 5) is 12.6. The van der Waals surface area contributed by atoms with Gasteiger partial charge in [-0.2, -0.15) is 5.10 Å². The highest BCUT2D eigenvalue weighted by molar-refractivity contribution is 14.1. The van der Waals surface area contributed by atoms with E-state index in [9.17, 15) is 4.79 Å². The molecule has 0 aliphatic carbocycles. The van der Waals surface area contributed by atoms with E-state index >= 15 is 0 Å². The summed E-state index contributed by atoms with van der Waals surface area (Å²) in [5.41, 5.74) is 9.11. The van der Waals surface area contributed by atoms with Crippen LogP contribution in [0.2, 0.25) is 0 Å². The second-order valence-electron chi connectivity index (χ2n) is 9.67. The van der Waals surface area contributed by atoms with Crippen molar-refractivity contribution in [2.75, 3.05) is 11.1 Å². The van der Waals surface area contributed by atoms with Gasteiger partial charge in [-0.15, -0.1) is 10.2 Å². The van der Waals surface area contributed by atoms with E-state index in [1.807, 2.05) is 47.9 Å². The molecule has 1 aromatic heterocycles. The van der Waals surface area contributed by atoms with Gasteiger partial charge in [0.2, 0.25) is 0 Å². The zero-order valence-electron chi connectivity index (χ0n) is 23.1. The Kier molecular flexibility index (Phi) is 10.5. The highest BCUT2D eigenvalue weighted by Crippen LogP contribution is 2.24. The van der Waals surface area contributed by atoms with Crippen LogP contribution in [0.5, 0.6) is 0 Å². The molecule has 0 bridgehead atoms. The Morgan fingerprint density at radius 1 is 1.07 bits per heavy atom. The van der Waals surface area contributed by atoms with Gasteiger partial charge in [0.25, 0.3) is 5.91 Å². The number of hydrazone groups is 1. The molecular formula is C31H33IN6OS. The third-order valence-corrected chi connectivity index (χ3v) is 7.73. The van der Waals surface area contributed by atoms with Crippen molar-refractivity contribution in [1.29, 1.82) is 0 Å². The molecule has 1 amide bonds. The van der Waals surface area contributed by atoms with E-state index in [2.05, 4.69) is 112 Å². The fraction of sp³-hybridized carbons (Fsp3) is 0.226. The van der Waals surface area contributed by atoms with Crippen LogP contribution in [0.3, 0.4) is 0 Å². The number of hydrogen-bond acceptors (Lipinski definition) is 6. The highest BCUT2D eigenvalue weighted by atomic mass is 127. The van der Waals surface area contributed by atoms with Crippen molar-refractivity contribution >= 4 is 58.2 Å². The summed E-state index contributed by atoms with van der Waals surface area (Å²) in [5, 5.41) is 17.1. The average Bonchev–Trinajstić information content (AvgIpc) is 3.35. The molecule has 0 aliphatic heterocycles. The number of nitrogens with zero attached hydrogens (tertiary/aromatic N) is 4. The molecule has 9 heteroatoms. The molecule has 0 spiro atoms. The molecule has 0 fully saturated rings. The number of aromatic nitrogens is 3. The summed E-state index contributed by atoms with van der Waals surface area (Å²) >= 11 is 3.63. The molecule has 7 nitrogen and oxygen atoms in total. The Bertz CT molecular complexity index is 1500. The monoisotopic (exact) mass is 664 g/mol. The fourth-order valence-electron chi connectivity index (χ4n) is 3.99. The third kappa shape index (κ3) is 8.28. The van der Waals surface area contributed by atoms with E-state index in [1.165, 1.54) is 26.5 Å². The molecule has 206 valence electrons. The highest BCUT2D eigenvalue weighted by Gasteiger charge is 2.16. The SMILES string of the molecule is CC(/C=N\NC(=O)CSc1nnc(CNc2ccc(I)cc2C)n1-c1ccccc1)=C/c1ccc(C(C)C)cc1. The van der Waals surface area contributed by atoms with Crippen molar-refractivity contribution in [2.45, 2.75) is 45.3 Å². The molecule has 4 rings (SSSR count). The molecule has 0 atom stereocenters. The van der Waals surface area contributed by atoms with Crippen molar-refractivity contribution in [3.63, 3.8) is 0 Å². The predicted molar refractivity (Wildman–Crippen MR) is 174 cm³/mol. The normalized spacial score (nSPS) is 11.8. The summed E-state index contributed by atoms with van der Waals surface area (Å²) in [6.45, 7) is 8.88. The topological polar surface area (TPSA) is 84.2 Å². The number of carbonyl (C=O) groups excluding carboxylic acids is 1. The molecule has 0 saturated carbocycles. The number of thioether (sulfide) groups is 1. The van der Waals surface area contributed by atoms with Crippen LogP contribution >= 0.6 is 34.4 Å². The second-order valence-corrected chi connectivity index (χ2v) is 11.9. The van der Waals surface area contributed by atoms with E-state index in [4.69, 9.17) is 0 Å². The number of halogens is 1. The summed E-state index contributed by atoms with van der Waals surface area (Å²) in [6, 6.07) is 24.7. The van der Waals surface area contributed by atoms with Crippen molar-refractivity contribution in [3.05, 3.63) is 104 Å². The minimum atomic E-state index is -0.216. The Hall–Kier alpha value is -3.44. The smallest absolute Gasteiger partial charge is 0.250 e. The lowest BCUT2D eigenvalue weighted by Crippen LogP contribution is -2.20.